The van der Waals surface area contributed by atoms with Crippen molar-refractivity contribution in [2.24, 2.45) is 0 Å². The predicted molar refractivity (Wildman–Crippen MR) is 71.5 cm³/mol. The molecule has 0 atom stereocenters. The third-order valence-corrected chi connectivity index (χ3v) is 2.63. The Morgan fingerprint density at radius 3 is 2.58 bits per heavy atom. The van der Waals surface area contributed by atoms with E-state index < -0.39 is 4.92 Å². The van der Waals surface area contributed by atoms with Crippen LogP contribution in [0.1, 0.15) is 12.5 Å². The van der Waals surface area contributed by atoms with Crippen LogP contribution in [0, 0.1) is 10.1 Å². The molecule has 19 heavy (non-hydrogen) atoms. The molecular formula is C13H14N4O2. The van der Waals surface area contributed by atoms with Gasteiger partial charge in [0.1, 0.15) is 0 Å². The Bertz CT molecular complexity index is 569. The molecule has 1 heterocycles. The molecule has 0 saturated heterocycles. The summed E-state index contributed by atoms with van der Waals surface area (Å²) in [5.41, 5.74) is 1.40. The Morgan fingerprint density at radius 2 is 1.95 bits per heavy atom. The number of benzene rings is 1. The van der Waals surface area contributed by atoms with Crippen molar-refractivity contribution in [2.75, 3.05) is 6.54 Å². The van der Waals surface area contributed by atoms with E-state index in [9.17, 15) is 10.1 Å². The fourth-order valence-electron chi connectivity index (χ4n) is 1.68. The van der Waals surface area contributed by atoms with E-state index >= 15 is 0 Å². The zero-order valence-corrected chi connectivity index (χ0v) is 10.5. The van der Waals surface area contributed by atoms with Crippen LogP contribution in [0.4, 0.5) is 5.69 Å². The number of para-hydroxylation sites is 1. The Morgan fingerprint density at radius 1 is 1.26 bits per heavy atom. The summed E-state index contributed by atoms with van der Waals surface area (Å²) >= 11 is 0. The van der Waals surface area contributed by atoms with Crippen LogP contribution in [0.3, 0.4) is 0 Å². The minimum atomic E-state index is -0.425. The highest BCUT2D eigenvalue weighted by molar-refractivity contribution is 5.67. The molecule has 1 N–H and O–H groups in total. The molecule has 2 aromatic rings. The maximum Gasteiger partial charge on any atom is 0.280 e. The number of aromatic nitrogens is 2. The molecule has 0 aliphatic heterocycles. The maximum absolute atomic E-state index is 10.9. The van der Waals surface area contributed by atoms with Crippen LogP contribution < -0.4 is 5.32 Å². The lowest BCUT2D eigenvalue weighted by Crippen LogP contribution is -2.12. The summed E-state index contributed by atoms with van der Waals surface area (Å²) in [5.74, 6) is 0.368. The van der Waals surface area contributed by atoms with E-state index in [0.717, 1.165) is 12.1 Å². The zero-order chi connectivity index (χ0) is 13.7. The normalized spacial score (nSPS) is 10.4. The summed E-state index contributed by atoms with van der Waals surface area (Å²) in [7, 11) is 0. The number of rotatable bonds is 5. The first-order valence-electron chi connectivity index (χ1n) is 5.97. The molecule has 0 aliphatic carbocycles. The molecule has 0 unspecified atom stereocenters. The average molecular weight is 258 g/mol. The molecule has 1 aromatic carbocycles. The molecule has 0 spiro atoms. The van der Waals surface area contributed by atoms with Gasteiger partial charge < -0.3 is 5.32 Å². The van der Waals surface area contributed by atoms with E-state index in [0.29, 0.717) is 17.9 Å². The predicted octanol–water partition coefficient (Wildman–Crippen LogP) is 2.16. The second-order valence-corrected chi connectivity index (χ2v) is 3.97. The molecule has 0 saturated carbocycles. The molecule has 0 bridgehead atoms. The molecule has 6 nitrogen and oxygen atoms in total. The number of hydrogen-bond acceptors (Lipinski definition) is 5. The standard InChI is InChI=1S/C13H14N4O2/c1-2-14-7-10-8-15-13(16-9-10)11-5-3-4-6-12(11)17(18)19/h3-6,8-9,14H,2,7H2,1H3. The lowest BCUT2D eigenvalue weighted by molar-refractivity contribution is -0.384. The number of hydrogen-bond donors (Lipinski definition) is 1. The van der Waals surface area contributed by atoms with E-state index in [4.69, 9.17) is 0 Å². The third kappa shape index (κ3) is 3.11. The van der Waals surface area contributed by atoms with Crippen LogP contribution in [0.5, 0.6) is 0 Å². The van der Waals surface area contributed by atoms with Gasteiger partial charge in [-0.25, -0.2) is 9.97 Å². The van der Waals surface area contributed by atoms with Crippen LogP contribution in [-0.2, 0) is 6.54 Å². The highest BCUT2D eigenvalue weighted by Crippen LogP contribution is 2.26. The second kappa shape index (κ2) is 6.01. The third-order valence-electron chi connectivity index (χ3n) is 2.63. The summed E-state index contributed by atoms with van der Waals surface area (Å²) in [5, 5.41) is 14.1. The minimum Gasteiger partial charge on any atom is -0.313 e. The summed E-state index contributed by atoms with van der Waals surface area (Å²) in [6.45, 7) is 3.57. The van der Waals surface area contributed by atoms with Gasteiger partial charge in [0.05, 0.1) is 10.5 Å². The SMILES string of the molecule is CCNCc1cnc(-c2ccccc2[N+](=O)[O-])nc1. The van der Waals surface area contributed by atoms with Crippen molar-refractivity contribution in [3.05, 3.63) is 52.3 Å². The van der Waals surface area contributed by atoms with Crippen LogP contribution in [0.25, 0.3) is 11.4 Å². The van der Waals surface area contributed by atoms with Crippen LogP contribution in [0.2, 0.25) is 0 Å². The van der Waals surface area contributed by atoms with Crippen molar-refractivity contribution in [1.29, 1.82) is 0 Å². The van der Waals surface area contributed by atoms with Gasteiger partial charge in [-0.2, -0.15) is 0 Å². The largest absolute Gasteiger partial charge is 0.313 e. The van der Waals surface area contributed by atoms with E-state index in [-0.39, 0.29) is 5.69 Å². The smallest absolute Gasteiger partial charge is 0.280 e. The summed E-state index contributed by atoms with van der Waals surface area (Å²) in [6, 6.07) is 6.46. The highest BCUT2D eigenvalue weighted by atomic mass is 16.6. The topological polar surface area (TPSA) is 81.0 Å². The quantitative estimate of drug-likeness (QED) is 0.656. The molecular weight excluding hydrogens is 244 g/mol. The van der Waals surface area contributed by atoms with Gasteiger partial charge in [-0.1, -0.05) is 19.1 Å². The van der Waals surface area contributed by atoms with E-state index in [1.54, 1.807) is 30.6 Å². The van der Waals surface area contributed by atoms with Gasteiger partial charge in [-0.05, 0) is 12.6 Å². The molecule has 98 valence electrons. The van der Waals surface area contributed by atoms with Gasteiger partial charge in [0.15, 0.2) is 5.82 Å². The van der Waals surface area contributed by atoms with Gasteiger partial charge in [0.2, 0.25) is 0 Å². The van der Waals surface area contributed by atoms with Gasteiger partial charge in [-0.3, -0.25) is 10.1 Å². The fraction of sp³-hybridized carbons (Fsp3) is 0.231. The van der Waals surface area contributed by atoms with Crippen LogP contribution in [-0.4, -0.2) is 21.4 Å². The molecule has 0 amide bonds. The molecule has 0 aliphatic rings. The average Bonchev–Trinajstić information content (AvgIpc) is 2.45. The molecule has 0 fully saturated rings. The van der Waals surface area contributed by atoms with E-state index in [2.05, 4.69) is 15.3 Å². The van der Waals surface area contributed by atoms with Crippen molar-refractivity contribution in [1.82, 2.24) is 15.3 Å². The van der Waals surface area contributed by atoms with Gasteiger partial charge in [0, 0.05) is 30.6 Å². The van der Waals surface area contributed by atoms with Crippen molar-refractivity contribution in [2.45, 2.75) is 13.5 Å². The van der Waals surface area contributed by atoms with E-state index in [1.807, 2.05) is 6.92 Å². The molecule has 6 heteroatoms. The monoisotopic (exact) mass is 258 g/mol. The highest BCUT2D eigenvalue weighted by Gasteiger charge is 2.15. The number of nitrogens with zero attached hydrogens (tertiary/aromatic N) is 3. The second-order valence-electron chi connectivity index (χ2n) is 3.97. The van der Waals surface area contributed by atoms with Gasteiger partial charge in [-0.15, -0.1) is 0 Å². The molecule has 2 rings (SSSR count). The first kappa shape index (κ1) is 13.1. The zero-order valence-electron chi connectivity index (χ0n) is 10.5. The maximum atomic E-state index is 10.9. The van der Waals surface area contributed by atoms with E-state index in [1.165, 1.54) is 6.07 Å². The number of nitro groups is 1. The van der Waals surface area contributed by atoms with Crippen molar-refractivity contribution >= 4 is 5.69 Å². The van der Waals surface area contributed by atoms with Crippen LogP contribution >= 0.6 is 0 Å². The fourth-order valence-corrected chi connectivity index (χ4v) is 1.68. The Labute approximate surface area is 110 Å². The summed E-state index contributed by atoms with van der Waals surface area (Å²) in [4.78, 5) is 18.9. The van der Waals surface area contributed by atoms with Crippen molar-refractivity contribution < 1.29 is 4.92 Å². The van der Waals surface area contributed by atoms with Gasteiger partial charge in [0.25, 0.3) is 5.69 Å². The summed E-state index contributed by atoms with van der Waals surface area (Å²) in [6.07, 6.45) is 3.36. The Balaban J connectivity index is 2.30. The van der Waals surface area contributed by atoms with Gasteiger partial charge >= 0.3 is 0 Å². The minimum absolute atomic E-state index is 0.0157. The molecule has 1 aromatic heterocycles. The molecule has 0 radical (unpaired) electrons. The lowest BCUT2D eigenvalue weighted by Gasteiger charge is -2.04. The van der Waals surface area contributed by atoms with Crippen LogP contribution in [0.15, 0.2) is 36.7 Å². The number of nitrogens with one attached hydrogen (secondary N) is 1. The first-order chi connectivity index (χ1) is 9.22. The first-order valence-corrected chi connectivity index (χ1v) is 5.97. The summed E-state index contributed by atoms with van der Waals surface area (Å²) < 4.78 is 0. The van der Waals surface area contributed by atoms with Crippen molar-refractivity contribution in [3.8, 4) is 11.4 Å². The lowest BCUT2D eigenvalue weighted by atomic mass is 10.1. The number of nitro benzene ring substituents is 1. The van der Waals surface area contributed by atoms with Crippen molar-refractivity contribution in [3.63, 3.8) is 0 Å². The Kier molecular flexibility index (Phi) is 4.15. The Hall–Kier alpha value is -2.34.